The van der Waals surface area contributed by atoms with E-state index in [-0.39, 0.29) is 17.3 Å². The Morgan fingerprint density at radius 1 is 1.19 bits per heavy atom. The SMILES string of the molecule is Cc1ccc(S(=O)(=O)OCCCc2cnc(C(=O)OC(C)(C)C)[nH]2)cc1. The number of imidazole rings is 1. The Labute approximate surface area is 153 Å². The molecular weight excluding hydrogens is 356 g/mol. The van der Waals surface area contributed by atoms with Crippen LogP contribution < -0.4 is 0 Å². The van der Waals surface area contributed by atoms with E-state index >= 15 is 0 Å². The maximum absolute atomic E-state index is 12.1. The fraction of sp³-hybridized carbons (Fsp3) is 0.444. The second kappa shape index (κ2) is 8.01. The summed E-state index contributed by atoms with van der Waals surface area (Å²) in [5.41, 5.74) is 1.09. The van der Waals surface area contributed by atoms with Crippen molar-refractivity contribution in [2.24, 2.45) is 0 Å². The summed E-state index contributed by atoms with van der Waals surface area (Å²) < 4.78 is 34.4. The van der Waals surface area contributed by atoms with Crippen LogP contribution in [-0.4, -0.2) is 36.6 Å². The van der Waals surface area contributed by atoms with Crippen molar-refractivity contribution in [2.45, 2.75) is 51.0 Å². The third-order valence-corrected chi connectivity index (χ3v) is 4.69. The molecule has 0 aliphatic carbocycles. The maximum atomic E-state index is 12.1. The van der Waals surface area contributed by atoms with E-state index in [1.165, 1.54) is 18.3 Å². The van der Waals surface area contributed by atoms with E-state index in [0.29, 0.717) is 18.5 Å². The van der Waals surface area contributed by atoms with E-state index in [1.54, 1.807) is 32.9 Å². The third kappa shape index (κ3) is 5.96. The predicted molar refractivity (Wildman–Crippen MR) is 96.4 cm³/mol. The minimum atomic E-state index is -3.76. The molecule has 1 aromatic heterocycles. The largest absolute Gasteiger partial charge is 0.454 e. The predicted octanol–water partition coefficient (Wildman–Crippen LogP) is 3.01. The van der Waals surface area contributed by atoms with E-state index in [1.807, 2.05) is 6.92 Å². The molecule has 0 bridgehead atoms. The van der Waals surface area contributed by atoms with Gasteiger partial charge < -0.3 is 9.72 Å². The molecule has 0 saturated heterocycles. The zero-order valence-corrected chi connectivity index (χ0v) is 16.2. The Balaban J connectivity index is 1.83. The second-order valence-corrected chi connectivity index (χ2v) is 8.57. The molecule has 0 amide bonds. The quantitative estimate of drug-likeness (QED) is 0.450. The van der Waals surface area contributed by atoms with Gasteiger partial charge in [0.05, 0.1) is 11.5 Å². The van der Waals surface area contributed by atoms with Crippen LogP contribution in [0, 0.1) is 6.92 Å². The molecule has 0 unspecified atom stereocenters. The first-order valence-electron chi connectivity index (χ1n) is 8.30. The van der Waals surface area contributed by atoms with Crippen molar-refractivity contribution in [2.75, 3.05) is 6.61 Å². The average Bonchev–Trinajstić information content (AvgIpc) is 2.99. The molecule has 2 aromatic rings. The highest BCUT2D eigenvalue weighted by molar-refractivity contribution is 7.86. The van der Waals surface area contributed by atoms with Crippen molar-refractivity contribution in [3.05, 3.63) is 47.5 Å². The van der Waals surface area contributed by atoms with Crippen LogP contribution in [0.25, 0.3) is 0 Å². The average molecular weight is 380 g/mol. The summed E-state index contributed by atoms with van der Waals surface area (Å²) >= 11 is 0. The maximum Gasteiger partial charge on any atom is 0.374 e. The molecule has 1 N–H and O–H groups in total. The number of carbonyl (C=O) groups excluding carboxylic acids is 1. The molecule has 0 radical (unpaired) electrons. The Morgan fingerprint density at radius 2 is 1.85 bits per heavy atom. The van der Waals surface area contributed by atoms with Gasteiger partial charge >= 0.3 is 5.97 Å². The van der Waals surface area contributed by atoms with Gasteiger partial charge in [-0.2, -0.15) is 8.42 Å². The van der Waals surface area contributed by atoms with E-state index in [9.17, 15) is 13.2 Å². The standard InChI is InChI=1S/C18H24N2O5S/c1-13-7-9-15(10-8-13)26(22,23)24-11-5-6-14-12-19-16(20-14)17(21)25-18(2,3)4/h7-10,12H,5-6,11H2,1-4H3,(H,19,20). The number of H-pyrrole nitrogens is 1. The lowest BCUT2D eigenvalue weighted by Gasteiger charge is -2.18. The number of carbonyl (C=O) groups is 1. The fourth-order valence-corrected chi connectivity index (χ4v) is 3.06. The first-order chi connectivity index (χ1) is 12.1. The number of aromatic amines is 1. The summed E-state index contributed by atoms with van der Waals surface area (Å²) in [6.45, 7) is 7.26. The minimum Gasteiger partial charge on any atom is -0.454 e. The molecule has 142 valence electrons. The summed E-state index contributed by atoms with van der Waals surface area (Å²) in [5.74, 6) is -0.398. The van der Waals surface area contributed by atoms with Crippen LogP contribution in [0.2, 0.25) is 0 Å². The highest BCUT2D eigenvalue weighted by atomic mass is 32.2. The molecule has 0 saturated carbocycles. The number of rotatable bonds is 7. The van der Waals surface area contributed by atoms with Crippen molar-refractivity contribution in [1.29, 1.82) is 0 Å². The number of hydrogen-bond donors (Lipinski definition) is 1. The lowest BCUT2D eigenvalue weighted by atomic mass is 10.2. The fourth-order valence-electron chi connectivity index (χ4n) is 2.12. The summed E-state index contributed by atoms with van der Waals surface area (Å²) in [7, 11) is -3.76. The van der Waals surface area contributed by atoms with Crippen LogP contribution in [0.3, 0.4) is 0 Å². The van der Waals surface area contributed by atoms with Gasteiger partial charge in [0.15, 0.2) is 0 Å². The highest BCUT2D eigenvalue weighted by Gasteiger charge is 2.20. The summed E-state index contributed by atoms with van der Waals surface area (Å²) in [6, 6.07) is 6.48. The van der Waals surface area contributed by atoms with Gasteiger partial charge in [0, 0.05) is 11.9 Å². The van der Waals surface area contributed by atoms with Crippen molar-refractivity contribution in [1.82, 2.24) is 9.97 Å². The molecule has 1 aromatic carbocycles. The first kappa shape index (κ1) is 20.1. The topological polar surface area (TPSA) is 98.4 Å². The minimum absolute atomic E-state index is 0.0387. The first-order valence-corrected chi connectivity index (χ1v) is 9.71. The molecular formula is C18H24N2O5S. The number of esters is 1. The van der Waals surface area contributed by atoms with Crippen LogP contribution in [-0.2, 0) is 25.5 Å². The smallest absolute Gasteiger partial charge is 0.374 e. The number of aryl methyl sites for hydroxylation is 2. The molecule has 0 fully saturated rings. The monoisotopic (exact) mass is 380 g/mol. The van der Waals surface area contributed by atoms with Gasteiger partial charge in [0.25, 0.3) is 10.1 Å². The van der Waals surface area contributed by atoms with Crippen molar-refractivity contribution >= 4 is 16.1 Å². The van der Waals surface area contributed by atoms with Crippen LogP contribution in [0.4, 0.5) is 0 Å². The zero-order chi connectivity index (χ0) is 19.4. The van der Waals surface area contributed by atoms with Crippen LogP contribution in [0.15, 0.2) is 35.4 Å². The number of hydrogen-bond acceptors (Lipinski definition) is 6. The van der Waals surface area contributed by atoms with Crippen molar-refractivity contribution in [3.63, 3.8) is 0 Å². The summed E-state index contributed by atoms with van der Waals surface area (Å²) in [6.07, 6.45) is 2.49. The molecule has 0 aliphatic heterocycles. The third-order valence-electron chi connectivity index (χ3n) is 3.36. The number of nitrogens with zero attached hydrogens (tertiary/aromatic N) is 1. The van der Waals surface area contributed by atoms with Crippen LogP contribution in [0.1, 0.15) is 49.1 Å². The number of nitrogens with one attached hydrogen (secondary N) is 1. The van der Waals surface area contributed by atoms with E-state index in [0.717, 1.165) is 5.56 Å². The summed E-state index contributed by atoms with van der Waals surface area (Å²) in [5, 5.41) is 0. The van der Waals surface area contributed by atoms with Gasteiger partial charge in [-0.05, 0) is 52.7 Å². The van der Waals surface area contributed by atoms with Crippen molar-refractivity contribution in [3.8, 4) is 0 Å². The van der Waals surface area contributed by atoms with E-state index in [2.05, 4.69) is 9.97 Å². The summed E-state index contributed by atoms with van der Waals surface area (Å²) in [4.78, 5) is 18.9. The Morgan fingerprint density at radius 3 is 2.46 bits per heavy atom. The Bertz CT molecular complexity index is 848. The Hall–Kier alpha value is -2.19. The molecule has 0 atom stereocenters. The van der Waals surface area contributed by atoms with Gasteiger partial charge in [-0.1, -0.05) is 17.7 Å². The zero-order valence-electron chi connectivity index (χ0n) is 15.4. The van der Waals surface area contributed by atoms with Gasteiger partial charge in [-0.3, -0.25) is 4.18 Å². The second-order valence-electron chi connectivity index (χ2n) is 6.95. The lowest BCUT2D eigenvalue weighted by molar-refractivity contribution is 0.00566. The number of ether oxygens (including phenoxy) is 1. The molecule has 1 heterocycles. The molecule has 0 spiro atoms. The van der Waals surface area contributed by atoms with Gasteiger partial charge in [-0.15, -0.1) is 0 Å². The van der Waals surface area contributed by atoms with E-state index < -0.39 is 21.7 Å². The van der Waals surface area contributed by atoms with Gasteiger partial charge in [-0.25, -0.2) is 9.78 Å². The highest BCUT2D eigenvalue weighted by Crippen LogP contribution is 2.14. The van der Waals surface area contributed by atoms with Crippen LogP contribution >= 0.6 is 0 Å². The van der Waals surface area contributed by atoms with Gasteiger partial charge in [0.2, 0.25) is 5.82 Å². The van der Waals surface area contributed by atoms with Gasteiger partial charge in [0.1, 0.15) is 5.60 Å². The molecule has 2 rings (SSSR count). The normalized spacial score (nSPS) is 12.2. The molecule has 8 heteroatoms. The molecule has 26 heavy (non-hydrogen) atoms. The Kier molecular flexibility index (Phi) is 6.20. The lowest BCUT2D eigenvalue weighted by Crippen LogP contribution is -2.24. The van der Waals surface area contributed by atoms with Crippen molar-refractivity contribution < 1.29 is 22.1 Å². The molecule has 7 nitrogen and oxygen atoms in total. The number of benzene rings is 1. The van der Waals surface area contributed by atoms with E-state index in [4.69, 9.17) is 8.92 Å². The molecule has 0 aliphatic rings. The number of aromatic nitrogens is 2. The van der Waals surface area contributed by atoms with Crippen LogP contribution in [0.5, 0.6) is 0 Å².